The van der Waals surface area contributed by atoms with Crippen molar-refractivity contribution in [3.05, 3.63) is 17.5 Å². The van der Waals surface area contributed by atoms with E-state index >= 15 is 0 Å². The smallest absolute Gasteiger partial charge is 0.0596 e. The van der Waals surface area contributed by atoms with Crippen molar-refractivity contribution in [2.75, 3.05) is 13.2 Å². The lowest BCUT2D eigenvalue weighted by Gasteiger charge is -2.17. The molecule has 1 saturated heterocycles. The van der Waals surface area contributed by atoms with Gasteiger partial charge in [0.2, 0.25) is 0 Å². The molecule has 0 bridgehead atoms. The van der Waals surface area contributed by atoms with Crippen molar-refractivity contribution >= 4 is 0 Å². The number of aromatic nitrogens is 2. The monoisotopic (exact) mass is 209 g/mol. The predicted molar refractivity (Wildman–Crippen MR) is 58.6 cm³/mol. The van der Waals surface area contributed by atoms with E-state index in [1.54, 1.807) is 0 Å². The number of nitrogens with two attached hydrogens (primary N) is 1. The number of ether oxygens (including phenoxy) is 1. The molecule has 1 aliphatic rings. The van der Waals surface area contributed by atoms with Crippen molar-refractivity contribution in [1.29, 1.82) is 0 Å². The van der Waals surface area contributed by atoms with Crippen LogP contribution in [-0.2, 0) is 18.2 Å². The van der Waals surface area contributed by atoms with Crippen LogP contribution in [0.1, 0.15) is 17.8 Å². The summed E-state index contributed by atoms with van der Waals surface area (Å²) >= 11 is 0. The van der Waals surface area contributed by atoms with Crippen LogP contribution >= 0.6 is 0 Å². The molecule has 0 aliphatic carbocycles. The molecule has 0 amide bonds. The summed E-state index contributed by atoms with van der Waals surface area (Å²) in [4.78, 5) is 0. The SMILES string of the molecule is Cc1cc(CC(N)C2CCOC2)n(C)n1. The van der Waals surface area contributed by atoms with Crippen LogP contribution < -0.4 is 5.73 Å². The fourth-order valence-corrected chi connectivity index (χ4v) is 2.15. The topological polar surface area (TPSA) is 53.1 Å². The van der Waals surface area contributed by atoms with Gasteiger partial charge in [-0.05, 0) is 25.3 Å². The Labute approximate surface area is 90.4 Å². The predicted octanol–water partition coefficient (Wildman–Crippen LogP) is 0.635. The number of rotatable bonds is 3. The quantitative estimate of drug-likeness (QED) is 0.794. The standard InChI is InChI=1S/C11H19N3O/c1-8-5-10(14(2)13-8)6-11(12)9-3-4-15-7-9/h5,9,11H,3-4,6-7,12H2,1-2H3. The maximum absolute atomic E-state index is 6.17. The molecule has 2 N–H and O–H groups in total. The Morgan fingerprint density at radius 2 is 2.53 bits per heavy atom. The first-order chi connectivity index (χ1) is 7.16. The Bertz CT molecular complexity index is 329. The maximum Gasteiger partial charge on any atom is 0.0596 e. The van der Waals surface area contributed by atoms with Gasteiger partial charge in [-0.2, -0.15) is 5.10 Å². The van der Waals surface area contributed by atoms with Crippen LogP contribution in [0.2, 0.25) is 0 Å². The van der Waals surface area contributed by atoms with Gasteiger partial charge in [-0.1, -0.05) is 0 Å². The van der Waals surface area contributed by atoms with E-state index in [0.29, 0.717) is 5.92 Å². The zero-order chi connectivity index (χ0) is 10.8. The minimum atomic E-state index is 0.197. The van der Waals surface area contributed by atoms with Gasteiger partial charge >= 0.3 is 0 Å². The van der Waals surface area contributed by atoms with Crippen molar-refractivity contribution in [2.24, 2.45) is 18.7 Å². The molecule has 0 radical (unpaired) electrons. The molecule has 2 atom stereocenters. The van der Waals surface area contributed by atoms with Gasteiger partial charge in [-0.3, -0.25) is 4.68 Å². The first-order valence-electron chi connectivity index (χ1n) is 5.49. The van der Waals surface area contributed by atoms with Crippen molar-refractivity contribution < 1.29 is 4.74 Å². The van der Waals surface area contributed by atoms with Gasteiger partial charge in [0.15, 0.2) is 0 Å². The summed E-state index contributed by atoms with van der Waals surface area (Å²) in [7, 11) is 1.97. The number of nitrogens with zero attached hydrogens (tertiary/aromatic N) is 2. The van der Waals surface area contributed by atoms with Crippen molar-refractivity contribution in [3.8, 4) is 0 Å². The zero-order valence-electron chi connectivity index (χ0n) is 9.44. The van der Waals surface area contributed by atoms with Gasteiger partial charge in [0.1, 0.15) is 0 Å². The maximum atomic E-state index is 6.17. The molecule has 2 rings (SSSR count). The highest BCUT2D eigenvalue weighted by Crippen LogP contribution is 2.18. The van der Waals surface area contributed by atoms with Crippen LogP contribution in [-0.4, -0.2) is 29.0 Å². The molecule has 15 heavy (non-hydrogen) atoms. The molecule has 4 heteroatoms. The van der Waals surface area contributed by atoms with Gasteiger partial charge in [-0.15, -0.1) is 0 Å². The number of hydrogen-bond acceptors (Lipinski definition) is 3. The molecule has 1 aromatic rings. The molecule has 1 fully saturated rings. The van der Waals surface area contributed by atoms with E-state index in [1.807, 2.05) is 18.7 Å². The lowest BCUT2D eigenvalue weighted by Crippen LogP contribution is -2.33. The molecule has 0 spiro atoms. The molecule has 4 nitrogen and oxygen atoms in total. The average Bonchev–Trinajstić information content (AvgIpc) is 2.76. The van der Waals surface area contributed by atoms with Crippen molar-refractivity contribution in [1.82, 2.24) is 9.78 Å². The molecule has 0 saturated carbocycles. The molecule has 2 unspecified atom stereocenters. The Balaban J connectivity index is 1.98. The van der Waals surface area contributed by atoms with Crippen LogP contribution in [0.4, 0.5) is 0 Å². The van der Waals surface area contributed by atoms with Crippen molar-refractivity contribution in [2.45, 2.75) is 25.8 Å². The Hall–Kier alpha value is -0.870. The third-order valence-electron chi connectivity index (χ3n) is 3.11. The summed E-state index contributed by atoms with van der Waals surface area (Å²) in [5, 5.41) is 4.32. The summed E-state index contributed by atoms with van der Waals surface area (Å²) in [5.41, 5.74) is 8.44. The van der Waals surface area contributed by atoms with E-state index in [0.717, 1.165) is 31.7 Å². The molecule has 1 aromatic heterocycles. The molecular weight excluding hydrogens is 190 g/mol. The van der Waals surface area contributed by atoms with Crippen LogP contribution in [0.3, 0.4) is 0 Å². The second-order valence-corrected chi connectivity index (χ2v) is 4.39. The normalized spacial score (nSPS) is 23.3. The molecule has 2 heterocycles. The Kier molecular flexibility index (Phi) is 3.07. The lowest BCUT2D eigenvalue weighted by molar-refractivity contribution is 0.180. The fourth-order valence-electron chi connectivity index (χ4n) is 2.15. The third-order valence-corrected chi connectivity index (χ3v) is 3.11. The fraction of sp³-hybridized carbons (Fsp3) is 0.727. The molecule has 84 valence electrons. The van der Waals surface area contributed by atoms with Crippen LogP contribution in [0, 0.1) is 12.8 Å². The highest BCUT2D eigenvalue weighted by atomic mass is 16.5. The summed E-state index contributed by atoms with van der Waals surface area (Å²) in [6, 6.07) is 2.30. The van der Waals surface area contributed by atoms with E-state index in [1.165, 1.54) is 5.69 Å². The Morgan fingerprint density at radius 1 is 1.73 bits per heavy atom. The average molecular weight is 209 g/mol. The van der Waals surface area contributed by atoms with E-state index in [4.69, 9.17) is 10.5 Å². The summed E-state index contributed by atoms with van der Waals surface area (Å²) in [6.45, 7) is 3.69. The molecule has 0 aromatic carbocycles. The first-order valence-corrected chi connectivity index (χ1v) is 5.49. The van der Waals surface area contributed by atoms with Gasteiger partial charge in [0, 0.05) is 31.8 Å². The number of aryl methyl sites for hydroxylation is 2. The van der Waals surface area contributed by atoms with E-state index in [2.05, 4.69) is 11.2 Å². The largest absolute Gasteiger partial charge is 0.381 e. The second kappa shape index (κ2) is 4.33. The number of hydrogen-bond donors (Lipinski definition) is 1. The van der Waals surface area contributed by atoms with Gasteiger partial charge in [-0.25, -0.2) is 0 Å². The van der Waals surface area contributed by atoms with Crippen molar-refractivity contribution in [3.63, 3.8) is 0 Å². The van der Waals surface area contributed by atoms with Gasteiger partial charge in [0.25, 0.3) is 0 Å². The van der Waals surface area contributed by atoms with Crippen LogP contribution in [0.25, 0.3) is 0 Å². The third kappa shape index (κ3) is 2.38. The highest BCUT2D eigenvalue weighted by molar-refractivity contribution is 5.10. The highest BCUT2D eigenvalue weighted by Gasteiger charge is 2.23. The van der Waals surface area contributed by atoms with Gasteiger partial charge in [0.05, 0.1) is 12.3 Å². The minimum Gasteiger partial charge on any atom is -0.381 e. The summed E-state index contributed by atoms with van der Waals surface area (Å²) < 4.78 is 7.27. The van der Waals surface area contributed by atoms with Crippen LogP contribution in [0.15, 0.2) is 6.07 Å². The zero-order valence-corrected chi connectivity index (χ0v) is 9.44. The molecule has 1 aliphatic heterocycles. The minimum absolute atomic E-state index is 0.197. The first kappa shape index (κ1) is 10.6. The van der Waals surface area contributed by atoms with Crippen LogP contribution in [0.5, 0.6) is 0 Å². The van der Waals surface area contributed by atoms with E-state index in [-0.39, 0.29) is 6.04 Å². The second-order valence-electron chi connectivity index (χ2n) is 4.39. The summed E-state index contributed by atoms with van der Waals surface area (Å²) in [5.74, 6) is 0.514. The molecular formula is C11H19N3O. The van der Waals surface area contributed by atoms with Gasteiger partial charge < -0.3 is 10.5 Å². The lowest BCUT2D eigenvalue weighted by atomic mass is 9.96. The Morgan fingerprint density at radius 3 is 3.07 bits per heavy atom. The summed E-state index contributed by atoms with van der Waals surface area (Å²) in [6.07, 6.45) is 1.99. The van der Waals surface area contributed by atoms with E-state index in [9.17, 15) is 0 Å². The van der Waals surface area contributed by atoms with E-state index < -0.39 is 0 Å².